The quantitative estimate of drug-likeness (QED) is 0.353. The first kappa shape index (κ1) is 15.8. The zero-order valence-electron chi connectivity index (χ0n) is 11.6. The fourth-order valence-corrected chi connectivity index (χ4v) is 1.83. The van der Waals surface area contributed by atoms with E-state index in [0.29, 0.717) is 12.1 Å². The second-order valence-electron chi connectivity index (χ2n) is 4.61. The molecule has 0 aromatic heterocycles. The Morgan fingerprint density at radius 1 is 1.09 bits per heavy atom. The molecule has 0 saturated heterocycles. The summed E-state index contributed by atoms with van der Waals surface area (Å²) >= 11 is 0. The van der Waals surface area contributed by atoms with Crippen LogP contribution in [0, 0.1) is 17.5 Å². The molecule has 2 aromatic rings. The Labute approximate surface area is 125 Å². The molecular formula is C17H13F3O2. The number of benzene rings is 2. The van der Waals surface area contributed by atoms with Gasteiger partial charge in [-0.25, -0.2) is 18.0 Å². The van der Waals surface area contributed by atoms with Crippen LogP contribution in [0.15, 0.2) is 49.1 Å². The predicted molar refractivity (Wildman–Crippen MR) is 76.2 cm³/mol. The molecule has 0 bridgehead atoms. The van der Waals surface area contributed by atoms with Gasteiger partial charge in [-0.2, -0.15) is 0 Å². The molecule has 0 spiro atoms. The highest BCUT2D eigenvalue weighted by Gasteiger charge is 2.14. The highest BCUT2D eigenvalue weighted by atomic mass is 19.2. The highest BCUT2D eigenvalue weighted by Crippen LogP contribution is 2.20. The van der Waals surface area contributed by atoms with Gasteiger partial charge in [-0.05, 0) is 30.5 Å². The van der Waals surface area contributed by atoms with Crippen molar-refractivity contribution < 1.29 is 22.7 Å². The van der Waals surface area contributed by atoms with Crippen molar-refractivity contribution >= 4 is 5.97 Å². The molecule has 0 unspecified atom stereocenters. The molecule has 0 saturated carbocycles. The maximum Gasteiger partial charge on any atom is 0.343 e. The number of allylic oxidation sites excluding steroid dienone is 1. The maximum absolute atomic E-state index is 13.0. The minimum absolute atomic E-state index is 0.229. The van der Waals surface area contributed by atoms with Crippen LogP contribution < -0.4 is 4.74 Å². The van der Waals surface area contributed by atoms with Crippen LogP contribution in [0.3, 0.4) is 0 Å². The lowest BCUT2D eigenvalue weighted by atomic mass is 10.1. The third-order valence-corrected chi connectivity index (χ3v) is 2.99. The highest BCUT2D eigenvalue weighted by molar-refractivity contribution is 5.91. The van der Waals surface area contributed by atoms with E-state index in [1.807, 2.05) is 0 Å². The van der Waals surface area contributed by atoms with Gasteiger partial charge in [0.15, 0.2) is 17.5 Å². The number of esters is 1. The molecule has 0 radical (unpaired) electrons. The SMILES string of the molecule is C=CCCc1ccc(C(=O)Oc2cc(F)c(F)c(F)c2)cc1. The fourth-order valence-electron chi connectivity index (χ4n) is 1.83. The number of ether oxygens (including phenoxy) is 1. The Hall–Kier alpha value is -2.56. The number of carbonyl (C=O) groups excluding carboxylic acids is 1. The zero-order chi connectivity index (χ0) is 16.1. The summed E-state index contributed by atoms with van der Waals surface area (Å²) in [5.41, 5.74) is 1.25. The number of rotatable bonds is 5. The van der Waals surface area contributed by atoms with Crippen LogP contribution in [0.25, 0.3) is 0 Å². The summed E-state index contributed by atoms with van der Waals surface area (Å²) in [6.45, 7) is 3.63. The normalized spacial score (nSPS) is 10.3. The molecule has 2 aromatic carbocycles. The van der Waals surface area contributed by atoms with E-state index in [9.17, 15) is 18.0 Å². The molecule has 0 amide bonds. The molecule has 0 aliphatic heterocycles. The number of halogens is 3. The van der Waals surface area contributed by atoms with Gasteiger partial charge in [-0.15, -0.1) is 6.58 Å². The van der Waals surface area contributed by atoms with E-state index in [2.05, 4.69) is 6.58 Å². The molecule has 22 heavy (non-hydrogen) atoms. The van der Waals surface area contributed by atoms with Gasteiger partial charge >= 0.3 is 5.97 Å². The Morgan fingerprint density at radius 2 is 1.68 bits per heavy atom. The average Bonchev–Trinajstić information content (AvgIpc) is 2.51. The fraction of sp³-hybridized carbons (Fsp3) is 0.118. The van der Waals surface area contributed by atoms with Crippen LogP contribution in [-0.2, 0) is 6.42 Å². The lowest BCUT2D eigenvalue weighted by molar-refractivity contribution is 0.0733. The number of aryl methyl sites for hydroxylation is 1. The Balaban J connectivity index is 2.10. The van der Waals surface area contributed by atoms with Crippen molar-refractivity contribution in [1.82, 2.24) is 0 Å². The van der Waals surface area contributed by atoms with Gasteiger partial charge in [0, 0.05) is 12.1 Å². The van der Waals surface area contributed by atoms with Crippen LogP contribution in [0.1, 0.15) is 22.3 Å². The van der Waals surface area contributed by atoms with Crippen molar-refractivity contribution in [3.8, 4) is 5.75 Å². The number of carbonyl (C=O) groups is 1. The van der Waals surface area contributed by atoms with E-state index in [1.54, 1.807) is 30.3 Å². The monoisotopic (exact) mass is 306 g/mol. The number of hydrogen-bond acceptors (Lipinski definition) is 2. The largest absolute Gasteiger partial charge is 0.423 e. The summed E-state index contributed by atoms with van der Waals surface area (Å²) in [7, 11) is 0. The molecule has 5 heteroatoms. The van der Waals surface area contributed by atoms with E-state index < -0.39 is 29.2 Å². The topological polar surface area (TPSA) is 26.3 Å². The lowest BCUT2D eigenvalue weighted by Crippen LogP contribution is -2.09. The van der Waals surface area contributed by atoms with Crippen LogP contribution in [-0.4, -0.2) is 5.97 Å². The molecule has 2 nitrogen and oxygen atoms in total. The minimum atomic E-state index is -1.61. The summed E-state index contributed by atoms with van der Waals surface area (Å²) < 4.78 is 43.8. The van der Waals surface area contributed by atoms with Gasteiger partial charge in [0.2, 0.25) is 0 Å². The van der Waals surface area contributed by atoms with Crippen LogP contribution in [0.5, 0.6) is 5.75 Å². The van der Waals surface area contributed by atoms with E-state index in [0.717, 1.165) is 18.4 Å². The smallest absolute Gasteiger partial charge is 0.343 e. The zero-order valence-corrected chi connectivity index (χ0v) is 11.6. The first-order valence-corrected chi connectivity index (χ1v) is 6.58. The molecule has 2 rings (SSSR count). The van der Waals surface area contributed by atoms with Gasteiger partial charge in [-0.3, -0.25) is 0 Å². The third-order valence-electron chi connectivity index (χ3n) is 2.99. The molecule has 0 fully saturated rings. The molecule has 0 atom stereocenters. The second-order valence-corrected chi connectivity index (χ2v) is 4.61. The summed E-state index contributed by atoms with van der Waals surface area (Å²) in [4.78, 5) is 11.9. The average molecular weight is 306 g/mol. The van der Waals surface area contributed by atoms with Gasteiger partial charge in [-0.1, -0.05) is 18.2 Å². The van der Waals surface area contributed by atoms with Crippen molar-refractivity contribution in [2.45, 2.75) is 12.8 Å². The standard InChI is InChI=1S/C17H13F3O2/c1-2-3-4-11-5-7-12(8-6-11)17(21)22-13-9-14(18)16(20)15(19)10-13/h2,5-10H,1,3-4H2. The summed E-state index contributed by atoms with van der Waals surface area (Å²) in [5, 5.41) is 0. The van der Waals surface area contributed by atoms with Crippen molar-refractivity contribution in [2.24, 2.45) is 0 Å². The molecule has 0 aliphatic rings. The summed E-state index contributed by atoms with van der Waals surface area (Å²) in [5.74, 6) is -5.60. The Bertz CT molecular complexity index is 671. The number of hydrogen-bond donors (Lipinski definition) is 0. The van der Waals surface area contributed by atoms with Crippen molar-refractivity contribution in [3.63, 3.8) is 0 Å². The molecule has 114 valence electrons. The first-order chi connectivity index (χ1) is 10.5. The van der Waals surface area contributed by atoms with Crippen LogP contribution in [0.2, 0.25) is 0 Å². The molecule has 0 N–H and O–H groups in total. The van der Waals surface area contributed by atoms with Crippen molar-refractivity contribution in [3.05, 3.63) is 77.6 Å². The van der Waals surface area contributed by atoms with Gasteiger partial charge in [0.25, 0.3) is 0 Å². The first-order valence-electron chi connectivity index (χ1n) is 6.58. The van der Waals surface area contributed by atoms with Crippen LogP contribution in [0.4, 0.5) is 13.2 Å². The van der Waals surface area contributed by atoms with Crippen molar-refractivity contribution in [1.29, 1.82) is 0 Å². The van der Waals surface area contributed by atoms with E-state index in [4.69, 9.17) is 4.74 Å². The predicted octanol–water partition coefficient (Wildman–Crippen LogP) is 4.44. The lowest BCUT2D eigenvalue weighted by Gasteiger charge is -2.06. The molecule has 0 aliphatic carbocycles. The third kappa shape index (κ3) is 3.75. The second kappa shape index (κ2) is 6.93. The van der Waals surface area contributed by atoms with E-state index in [1.165, 1.54) is 0 Å². The Kier molecular flexibility index (Phi) is 4.99. The minimum Gasteiger partial charge on any atom is -0.423 e. The van der Waals surface area contributed by atoms with Gasteiger partial charge < -0.3 is 4.74 Å². The van der Waals surface area contributed by atoms with E-state index in [-0.39, 0.29) is 5.56 Å². The summed E-state index contributed by atoms with van der Waals surface area (Å²) in [6.07, 6.45) is 3.41. The maximum atomic E-state index is 13.0. The van der Waals surface area contributed by atoms with Crippen molar-refractivity contribution in [2.75, 3.05) is 0 Å². The van der Waals surface area contributed by atoms with E-state index >= 15 is 0 Å². The molecular weight excluding hydrogens is 293 g/mol. The summed E-state index contributed by atoms with van der Waals surface area (Å²) in [6, 6.07) is 7.86. The van der Waals surface area contributed by atoms with Gasteiger partial charge in [0.1, 0.15) is 5.75 Å². The van der Waals surface area contributed by atoms with Gasteiger partial charge in [0.05, 0.1) is 5.56 Å². The Morgan fingerprint density at radius 3 is 2.23 bits per heavy atom. The van der Waals surface area contributed by atoms with Crippen LogP contribution >= 0.6 is 0 Å². The molecule has 0 heterocycles.